The van der Waals surface area contributed by atoms with Crippen LogP contribution < -0.4 is 10.5 Å². The van der Waals surface area contributed by atoms with Crippen LogP contribution in [0.25, 0.3) is 10.9 Å². The summed E-state index contributed by atoms with van der Waals surface area (Å²) < 4.78 is 64.0. The normalized spacial score (nSPS) is 11.2. The van der Waals surface area contributed by atoms with Gasteiger partial charge in [-0.1, -0.05) is 40.7 Å². The molecule has 3 aromatic rings. The van der Waals surface area contributed by atoms with Gasteiger partial charge in [0.2, 0.25) is 5.62 Å². The summed E-state index contributed by atoms with van der Waals surface area (Å²) in [5.74, 6) is -0.736. The number of fused-ring (bicyclic) bond motifs is 1. The fraction of sp³-hybridized carbons (Fsp3) is 0.375. The Morgan fingerprint density at radius 2 is 1.59 bits per heavy atom. The summed E-state index contributed by atoms with van der Waals surface area (Å²) in [4.78, 5) is 5.65. The molecule has 1 aromatic heterocycles. The van der Waals surface area contributed by atoms with Crippen molar-refractivity contribution in [1.82, 2.24) is 9.55 Å². The van der Waals surface area contributed by atoms with Crippen molar-refractivity contribution >= 4 is 28.7 Å². The van der Waals surface area contributed by atoms with Gasteiger partial charge in [0.15, 0.2) is 0 Å². The summed E-state index contributed by atoms with van der Waals surface area (Å²) in [5, 5.41) is 15.6. The molecule has 0 radical (unpaired) electrons. The van der Waals surface area contributed by atoms with Crippen LogP contribution in [0.1, 0.15) is 40.2 Å². The number of halogens is 5. The van der Waals surface area contributed by atoms with E-state index in [4.69, 9.17) is 10.8 Å². The quantitative estimate of drug-likeness (QED) is 0.241. The van der Waals surface area contributed by atoms with E-state index < -0.39 is 23.2 Å². The molecule has 0 fully saturated rings. The molecule has 186 valence electrons. The number of anilines is 2. The standard InChI is InChI=1S/C17H15F2N5.C5H9F3.C2H6/c1-10-6-11(18)8-12(7-10)23(2)16-15-13(19)4-3-5-14(15)24(9-20)17(21)22-16;1-4(2,3)5(6,7)8;1-2/h3-9,20-21H,1-2H3;1-3H3;1-2H3. The van der Waals surface area contributed by atoms with Gasteiger partial charge in [-0.25, -0.2) is 8.78 Å². The van der Waals surface area contributed by atoms with E-state index in [2.05, 4.69) is 4.98 Å². The molecule has 0 aliphatic rings. The van der Waals surface area contributed by atoms with Gasteiger partial charge in [-0.05, 0) is 42.8 Å². The first-order valence-electron chi connectivity index (χ1n) is 10.5. The Morgan fingerprint density at radius 1 is 1.03 bits per heavy atom. The van der Waals surface area contributed by atoms with Gasteiger partial charge in [0.25, 0.3) is 0 Å². The summed E-state index contributed by atoms with van der Waals surface area (Å²) in [6.07, 6.45) is -3.15. The van der Waals surface area contributed by atoms with Gasteiger partial charge in [0, 0.05) is 12.7 Å². The summed E-state index contributed by atoms with van der Waals surface area (Å²) in [5.41, 5.74) is -0.208. The summed E-state index contributed by atoms with van der Waals surface area (Å²) in [6, 6.07) is 8.87. The molecule has 0 unspecified atom stereocenters. The van der Waals surface area contributed by atoms with Crippen LogP contribution in [0.3, 0.4) is 0 Å². The van der Waals surface area contributed by atoms with Crippen LogP contribution in [-0.2, 0) is 0 Å². The van der Waals surface area contributed by atoms with Gasteiger partial charge < -0.3 is 4.90 Å². The van der Waals surface area contributed by atoms with Crippen molar-refractivity contribution in [2.75, 3.05) is 11.9 Å². The Labute approximate surface area is 195 Å². The third-order valence-corrected chi connectivity index (χ3v) is 4.63. The Balaban J connectivity index is 0.000000493. The molecule has 2 aromatic carbocycles. The predicted molar refractivity (Wildman–Crippen MR) is 126 cm³/mol. The summed E-state index contributed by atoms with van der Waals surface area (Å²) in [6.45, 7) is 9.20. The van der Waals surface area contributed by atoms with E-state index in [0.717, 1.165) is 32.7 Å². The number of aryl methyl sites for hydroxylation is 1. The van der Waals surface area contributed by atoms with Gasteiger partial charge in [-0.2, -0.15) is 18.2 Å². The molecule has 0 aliphatic heterocycles. The minimum atomic E-state index is -4.06. The third kappa shape index (κ3) is 6.61. The minimum absolute atomic E-state index is 0.168. The van der Waals surface area contributed by atoms with Crippen molar-refractivity contribution in [3.05, 3.63) is 59.2 Å². The van der Waals surface area contributed by atoms with Crippen LogP contribution in [0, 0.1) is 34.8 Å². The first-order valence-corrected chi connectivity index (χ1v) is 10.5. The highest BCUT2D eigenvalue weighted by molar-refractivity contribution is 5.94. The maximum absolute atomic E-state index is 14.4. The van der Waals surface area contributed by atoms with Crippen molar-refractivity contribution in [3.8, 4) is 0 Å². The molecule has 0 saturated carbocycles. The number of hydrogen-bond donors (Lipinski definition) is 2. The van der Waals surface area contributed by atoms with Crippen LogP contribution >= 0.6 is 0 Å². The first-order chi connectivity index (χ1) is 15.7. The SMILES string of the molecule is CC.CC(C)(C)C(F)(F)F.Cc1cc(F)cc(N(C)c2nc(=N)n(C=N)c3cccc(F)c23)c1. The van der Waals surface area contributed by atoms with E-state index in [1.807, 2.05) is 13.8 Å². The highest BCUT2D eigenvalue weighted by Gasteiger charge is 2.42. The van der Waals surface area contributed by atoms with Crippen molar-refractivity contribution < 1.29 is 22.0 Å². The molecule has 0 spiro atoms. The summed E-state index contributed by atoms with van der Waals surface area (Å²) in [7, 11) is 1.64. The van der Waals surface area contributed by atoms with E-state index in [-0.39, 0.29) is 16.8 Å². The lowest BCUT2D eigenvalue weighted by atomic mass is 9.96. The molecule has 1 heterocycles. The predicted octanol–water partition coefficient (Wildman–Crippen LogP) is 6.95. The third-order valence-electron chi connectivity index (χ3n) is 4.63. The largest absolute Gasteiger partial charge is 0.393 e. The van der Waals surface area contributed by atoms with Gasteiger partial charge >= 0.3 is 6.18 Å². The van der Waals surface area contributed by atoms with Crippen LogP contribution in [0.4, 0.5) is 33.5 Å². The lowest BCUT2D eigenvalue weighted by Gasteiger charge is -2.21. The fourth-order valence-electron chi connectivity index (χ4n) is 2.67. The maximum Gasteiger partial charge on any atom is 0.393 e. The molecule has 0 amide bonds. The monoisotopic (exact) mass is 483 g/mol. The molecule has 0 saturated heterocycles. The molecule has 5 nitrogen and oxygen atoms in total. The van der Waals surface area contributed by atoms with Gasteiger partial charge in [0.1, 0.15) is 17.5 Å². The molecule has 0 aliphatic carbocycles. The van der Waals surface area contributed by atoms with Crippen molar-refractivity contribution in [2.45, 2.75) is 47.7 Å². The number of rotatable bonds is 3. The van der Waals surface area contributed by atoms with Gasteiger partial charge in [-0.3, -0.25) is 15.4 Å². The molecule has 3 rings (SSSR count). The van der Waals surface area contributed by atoms with E-state index >= 15 is 0 Å². The van der Waals surface area contributed by atoms with E-state index in [9.17, 15) is 22.0 Å². The molecule has 2 N–H and O–H groups in total. The van der Waals surface area contributed by atoms with Crippen LogP contribution in [0.2, 0.25) is 0 Å². The van der Waals surface area contributed by atoms with Gasteiger partial charge in [0.05, 0.1) is 22.7 Å². The number of benzene rings is 2. The second-order valence-electron chi connectivity index (χ2n) is 8.19. The second kappa shape index (κ2) is 11.2. The number of aromatic nitrogens is 2. The zero-order chi connectivity index (χ0) is 26.4. The lowest BCUT2D eigenvalue weighted by molar-refractivity contribution is -0.204. The molecule has 0 atom stereocenters. The number of nitrogens with one attached hydrogen (secondary N) is 2. The second-order valence-corrected chi connectivity index (χ2v) is 8.19. The fourth-order valence-corrected chi connectivity index (χ4v) is 2.67. The lowest BCUT2D eigenvalue weighted by Crippen LogP contribution is -2.28. The van der Waals surface area contributed by atoms with Crippen molar-refractivity contribution in [1.29, 1.82) is 10.8 Å². The van der Waals surface area contributed by atoms with Crippen molar-refractivity contribution in [3.63, 3.8) is 0 Å². The Bertz CT molecular complexity index is 1160. The number of alkyl halides is 3. The molecular formula is C24H30F5N5. The Hall–Kier alpha value is -3.30. The molecule has 10 heteroatoms. The van der Waals surface area contributed by atoms with E-state index in [0.29, 0.717) is 11.2 Å². The Morgan fingerprint density at radius 3 is 2.06 bits per heavy atom. The average molecular weight is 484 g/mol. The van der Waals surface area contributed by atoms with Crippen LogP contribution in [0.15, 0.2) is 36.4 Å². The topological polar surface area (TPSA) is 68.8 Å². The molecule has 34 heavy (non-hydrogen) atoms. The average Bonchev–Trinajstić information content (AvgIpc) is 2.72. The van der Waals surface area contributed by atoms with Crippen molar-refractivity contribution in [2.24, 2.45) is 5.41 Å². The maximum atomic E-state index is 14.4. The minimum Gasteiger partial charge on any atom is -0.329 e. The molecule has 0 bridgehead atoms. The van der Waals surface area contributed by atoms with Crippen LogP contribution in [0.5, 0.6) is 0 Å². The zero-order valence-electron chi connectivity index (χ0n) is 20.3. The number of nitrogens with zero attached hydrogens (tertiary/aromatic N) is 3. The van der Waals surface area contributed by atoms with E-state index in [1.54, 1.807) is 26.1 Å². The smallest absolute Gasteiger partial charge is 0.329 e. The number of hydrogen-bond acceptors (Lipinski definition) is 4. The van der Waals surface area contributed by atoms with Crippen LogP contribution in [-0.4, -0.2) is 29.1 Å². The molecular weight excluding hydrogens is 453 g/mol. The Kier molecular flexibility index (Phi) is 9.48. The highest BCUT2D eigenvalue weighted by Crippen LogP contribution is 2.36. The summed E-state index contributed by atoms with van der Waals surface area (Å²) >= 11 is 0. The first kappa shape index (κ1) is 28.7. The highest BCUT2D eigenvalue weighted by atomic mass is 19.4. The van der Waals surface area contributed by atoms with Gasteiger partial charge in [-0.15, -0.1) is 0 Å². The zero-order valence-corrected chi connectivity index (χ0v) is 20.3. The van der Waals surface area contributed by atoms with E-state index in [1.165, 1.54) is 33.7 Å².